The van der Waals surface area contributed by atoms with Crippen molar-refractivity contribution in [1.82, 2.24) is 10.2 Å². The Morgan fingerprint density at radius 3 is 2.24 bits per heavy atom. The fraction of sp³-hybridized carbons (Fsp3) is 0.310. The van der Waals surface area contributed by atoms with E-state index in [0.717, 1.165) is 21.9 Å². The quantitative estimate of drug-likeness (QED) is 0.334. The van der Waals surface area contributed by atoms with E-state index in [1.807, 2.05) is 45.0 Å². The Morgan fingerprint density at radius 1 is 0.947 bits per heavy atom. The number of nitrogens with one attached hydrogen (secondary N) is 1. The lowest BCUT2D eigenvalue weighted by molar-refractivity contribution is -0.140. The normalized spacial score (nSPS) is 12.0. The number of benzene rings is 3. The Hall–Kier alpha value is -3.36. The van der Waals surface area contributed by atoms with Crippen LogP contribution in [0.2, 0.25) is 5.02 Å². The molecule has 0 heterocycles. The van der Waals surface area contributed by atoms with Gasteiger partial charge in [-0.05, 0) is 61.7 Å². The van der Waals surface area contributed by atoms with Crippen molar-refractivity contribution in [3.8, 4) is 0 Å². The van der Waals surface area contributed by atoms with Crippen molar-refractivity contribution < 1.29 is 18.0 Å². The number of carbonyl (C=O) groups excluding carboxylic acids is 2. The molecule has 0 saturated carbocycles. The van der Waals surface area contributed by atoms with Crippen LogP contribution < -0.4 is 9.62 Å². The van der Waals surface area contributed by atoms with E-state index in [2.05, 4.69) is 5.32 Å². The highest BCUT2D eigenvalue weighted by molar-refractivity contribution is 7.92. The molecule has 0 fully saturated rings. The Balaban J connectivity index is 2.02. The first-order chi connectivity index (χ1) is 18.2. The van der Waals surface area contributed by atoms with Gasteiger partial charge in [0.25, 0.3) is 10.0 Å². The number of para-hydroxylation sites is 1. The number of sulfonamides is 1. The predicted octanol–water partition coefficient (Wildman–Crippen LogP) is 5.18. The molecule has 9 heteroatoms. The van der Waals surface area contributed by atoms with E-state index >= 15 is 0 Å². The van der Waals surface area contributed by atoms with Crippen molar-refractivity contribution in [2.24, 2.45) is 0 Å². The first kappa shape index (κ1) is 29.2. The van der Waals surface area contributed by atoms with Crippen LogP contribution in [0.15, 0.2) is 83.8 Å². The summed E-state index contributed by atoms with van der Waals surface area (Å²) in [5, 5.41) is 3.29. The molecule has 3 aromatic rings. The van der Waals surface area contributed by atoms with Crippen molar-refractivity contribution in [2.75, 3.05) is 17.4 Å². The standard InChI is InChI=1S/C29H34ClN3O4S/c1-4-18-31-29(35)27(5-2)32(20-23-11-9-10-22(3)19-23)28(34)21-33(25-12-7-6-8-13-25)38(36,37)26-16-14-24(30)15-17-26/h6-17,19,27H,4-5,18,20-21H2,1-3H3,(H,31,35)/t27-/m0/s1. The molecule has 0 aliphatic heterocycles. The second kappa shape index (κ2) is 13.4. The Bertz CT molecular complexity index is 1330. The topological polar surface area (TPSA) is 86.8 Å². The molecule has 7 nitrogen and oxygen atoms in total. The van der Waals surface area contributed by atoms with E-state index in [-0.39, 0.29) is 17.3 Å². The number of hydrogen-bond donors (Lipinski definition) is 1. The van der Waals surface area contributed by atoms with Crippen LogP contribution in [-0.2, 0) is 26.2 Å². The van der Waals surface area contributed by atoms with Crippen LogP contribution >= 0.6 is 11.6 Å². The SMILES string of the molecule is CCCNC(=O)[C@H](CC)N(Cc1cccc(C)c1)C(=O)CN(c1ccccc1)S(=O)(=O)c1ccc(Cl)cc1. The predicted molar refractivity (Wildman–Crippen MR) is 152 cm³/mol. The molecule has 1 atom stereocenters. The molecule has 3 aromatic carbocycles. The second-order valence-electron chi connectivity index (χ2n) is 9.03. The number of hydrogen-bond acceptors (Lipinski definition) is 4. The minimum atomic E-state index is -4.12. The number of amides is 2. The first-order valence-corrected chi connectivity index (χ1v) is 14.4. The van der Waals surface area contributed by atoms with Crippen molar-refractivity contribution in [1.29, 1.82) is 0 Å². The van der Waals surface area contributed by atoms with Gasteiger partial charge in [-0.2, -0.15) is 0 Å². The van der Waals surface area contributed by atoms with Gasteiger partial charge in [0.15, 0.2) is 0 Å². The average Bonchev–Trinajstić information content (AvgIpc) is 2.91. The van der Waals surface area contributed by atoms with Crippen LogP contribution in [0.1, 0.15) is 37.8 Å². The van der Waals surface area contributed by atoms with Crippen LogP contribution in [0.4, 0.5) is 5.69 Å². The summed E-state index contributed by atoms with van der Waals surface area (Å²) in [6, 6.07) is 21.2. The van der Waals surface area contributed by atoms with Gasteiger partial charge in [0.2, 0.25) is 11.8 Å². The summed E-state index contributed by atoms with van der Waals surface area (Å²) < 4.78 is 28.6. The highest BCUT2D eigenvalue weighted by Crippen LogP contribution is 2.25. The highest BCUT2D eigenvalue weighted by Gasteiger charge is 2.33. The lowest BCUT2D eigenvalue weighted by atomic mass is 10.1. The maximum Gasteiger partial charge on any atom is 0.264 e. The summed E-state index contributed by atoms with van der Waals surface area (Å²) in [6.45, 7) is 5.93. The molecule has 0 aliphatic carbocycles. The van der Waals surface area contributed by atoms with Crippen molar-refractivity contribution in [3.05, 3.63) is 95.0 Å². The minimum Gasteiger partial charge on any atom is -0.354 e. The zero-order valence-electron chi connectivity index (χ0n) is 21.9. The summed E-state index contributed by atoms with van der Waals surface area (Å²) in [4.78, 5) is 28.5. The van der Waals surface area contributed by atoms with Gasteiger partial charge < -0.3 is 10.2 Å². The molecule has 0 radical (unpaired) electrons. The summed E-state index contributed by atoms with van der Waals surface area (Å²) >= 11 is 5.98. The van der Waals surface area contributed by atoms with Crippen molar-refractivity contribution in [3.63, 3.8) is 0 Å². The van der Waals surface area contributed by atoms with E-state index in [1.165, 1.54) is 29.2 Å². The molecule has 1 N–H and O–H groups in total. The van der Waals surface area contributed by atoms with E-state index in [9.17, 15) is 18.0 Å². The number of rotatable bonds is 12. The summed E-state index contributed by atoms with van der Waals surface area (Å²) in [7, 11) is -4.12. The zero-order chi connectivity index (χ0) is 27.7. The maximum atomic E-state index is 13.9. The van der Waals surface area contributed by atoms with Gasteiger partial charge in [0.1, 0.15) is 12.6 Å². The van der Waals surface area contributed by atoms with Crippen molar-refractivity contribution >= 4 is 39.1 Å². The first-order valence-electron chi connectivity index (χ1n) is 12.6. The van der Waals surface area contributed by atoms with Gasteiger partial charge in [0.05, 0.1) is 10.6 Å². The monoisotopic (exact) mass is 555 g/mol. The molecule has 0 aliphatic rings. The van der Waals surface area contributed by atoms with Gasteiger partial charge in [0, 0.05) is 18.1 Å². The molecule has 0 bridgehead atoms. The number of anilines is 1. The largest absolute Gasteiger partial charge is 0.354 e. The van der Waals surface area contributed by atoms with Crippen molar-refractivity contribution in [2.45, 2.75) is 51.1 Å². The third-order valence-corrected chi connectivity index (χ3v) is 8.14. The minimum absolute atomic E-state index is 0.0107. The van der Waals surface area contributed by atoms with Crippen LogP contribution in [0.25, 0.3) is 0 Å². The molecule has 0 unspecified atom stereocenters. The number of aryl methyl sites for hydroxylation is 1. The third kappa shape index (κ3) is 7.36. The van der Waals surface area contributed by atoms with Gasteiger partial charge in [-0.3, -0.25) is 13.9 Å². The molecular weight excluding hydrogens is 522 g/mol. The summed E-state index contributed by atoms with van der Waals surface area (Å²) in [6.07, 6.45) is 1.14. The molecule has 0 aromatic heterocycles. The average molecular weight is 556 g/mol. The lowest BCUT2D eigenvalue weighted by Crippen LogP contribution is -2.52. The smallest absolute Gasteiger partial charge is 0.264 e. The zero-order valence-corrected chi connectivity index (χ0v) is 23.5. The second-order valence-corrected chi connectivity index (χ2v) is 11.3. The molecule has 38 heavy (non-hydrogen) atoms. The van der Waals surface area contributed by atoms with E-state index in [0.29, 0.717) is 23.7 Å². The fourth-order valence-corrected chi connectivity index (χ4v) is 5.69. The van der Waals surface area contributed by atoms with Crippen LogP contribution in [0.5, 0.6) is 0 Å². The molecule has 202 valence electrons. The molecular formula is C29H34ClN3O4S. The van der Waals surface area contributed by atoms with Gasteiger partial charge in [-0.1, -0.05) is 73.5 Å². The Labute approximate surface area is 230 Å². The van der Waals surface area contributed by atoms with Crippen LogP contribution in [-0.4, -0.2) is 44.3 Å². The molecule has 2 amide bonds. The van der Waals surface area contributed by atoms with E-state index in [4.69, 9.17) is 11.6 Å². The number of halogens is 1. The lowest BCUT2D eigenvalue weighted by Gasteiger charge is -2.33. The Kier molecular flexibility index (Phi) is 10.3. The summed E-state index contributed by atoms with van der Waals surface area (Å²) in [5.41, 5.74) is 2.22. The van der Waals surface area contributed by atoms with Crippen LogP contribution in [0.3, 0.4) is 0 Å². The van der Waals surface area contributed by atoms with Gasteiger partial charge in [-0.25, -0.2) is 8.42 Å². The fourth-order valence-electron chi connectivity index (χ4n) is 4.15. The van der Waals surface area contributed by atoms with Gasteiger partial charge >= 0.3 is 0 Å². The third-order valence-electron chi connectivity index (χ3n) is 6.10. The maximum absolute atomic E-state index is 13.9. The highest BCUT2D eigenvalue weighted by atomic mass is 35.5. The van der Waals surface area contributed by atoms with Gasteiger partial charge in [-0.15, -0.1) is 0 Å². The molecule has 0 spiro atoms. The molecule has 3 rings (SSSR count). The number of nitrogens with zero attached hydrogens (tertiary/aromatic N) is 2. The number of carbonyl (C=O) groups is 2. The Morgan fingerprint density at radius 2 is 1.63 bits per heavy atom. The molecule has 0 saturated heterocycles. The summed E-state index contributed by atoms with van der Waals surface area (Å²) in [5.74, 6) is -0.742. The van der Waals surface area contributed by atoms with E-state index in [1.54, 1.807) is 30.3 Å². The van der Waals surface area contributed by atoms with E-state index < -0.39 is 28.5 Å². The van der Waals surface area contributed by atoms with Crippen LogP contribution in [0, 0.1) is 6.92 Å².